The summed E-state index contributed by atoms with van der Waals surface area (Å²) in [6.45, 7) is 5.48. The molecule has 0 saturated carbocycles. The molecule has 5 heteroatoms. The van der Waals surface area contributed by atoms with Gasteiger partial charge in [-0.15, -0.1) is 0 Å². The molecule has 0 aliphatic carbocycles. The van der Waals surface area contributed by atoms with Crippen LogP contribution in [-0.2, 0) is 11.3 Å². The summed E-state index contributed by atoms with van der Waals surface area (Å²) in [4.78, 5) is 15.6. The van der Waals surface area contributed by atoms with Crippen molar-refractivity contribution in [2.24, 2.45) is 5.73 Å². The molecule has 4 nitrogen and oxygen atoms in total. The molecule has 1 aliphatic heterocycles. The quantitative estimate of drug-likeness (QED) is 0.900. The molecule has 104 valence electrons. The number of carbonyl (C=O) groups is 1. The lowest BCUT2D eigenvalue weighted by Gasteiger charge is -2.24. The van der Waals surface area contributed by atoms with Gasteiger partial charge in [-0.2, -0.15) is 0 Å². The SMILES string of the molecule is CC(=O)N1CCCN(c2ccc(CN)c(Cl)c2)CC1. The van der Waals surface area contributed by atoms with Gasteiger partial charge in [-0.25, -0.2) is 0 Å². The number of hydrogen-bond donors (Lipinski definition) is 1. The minimum atomic E-state index is 0.151. The van der Waals surface area contributed by atoms with Gasteiger partial charge in [0, 0.05) is 50.4 Å². The van der Waals surface area contributed by atoms with E-state index in [1.54, 1.807) is 6.92 Å². The van der Waals surface area contributed by atoms with Crippen molar-refractivity contribution >= 4 is 23.2 Å². The van der Waals surface area contributed by atoms with Gasteiger partial charge >= 0.3 is 0 Å². The summed E-state index contributed by atoms with van der Waals surface area (Å²) in [5.41, 5.74) is 7.68. The summed E-state index contributed by atoms with van der Waals surface area (Å²) in [5, 5.41) is 0.715. The summed E-state index contributed by atoms with van der Waals surface area (Å²) < 4.78 is 0. The Balaban J connectivity index is 2.10. The second-order valence-corrected chi connectivity index (χ2v) is 5.23. The van der Waals surface area contributed by atoms with Crippen molar-refractivity contribution in [1.82, 2.24) is 4.90 Å². The highest BCUT2D eigenvalue weighted by Crippen LogP contribution is 2.24. The van der Waals surface area contributed by atoms with E-state index in [-0.39, 0.29) is 5.91 Å². The maximum Gasteiger partial charge on any atom is 0.219 e. The monoisotopic (exact) mass is 281 g/mol. The second kappa shape index (κ2) is 6.26. The van der Waals surface area contributed by atoms with Crippen LogP contribution in [0.1, 0.15) is 18.9 Å². The molecule has 1 saturated heterocycles. The van der Waals surface area contributed by atoms with Crippen LogP contribution in [0, 0.1) is 0 Å². The predicted octanol–water partition coefficient (Wildman–Crippen LogP) is 1.86. The number of benzene rings is 1. The second-order valence-electron chi connectivity index (χ2n) is 4.83. The van der Waals surface area contributed by atoms with Crippen LogP contribution in [0.25, 0.3) is 0 Å². The van der Waals surface area contributed by atoms with Gasteiger partial charge in [0.05, 0.1) is 0 Å². The van der Waals surface area contributed by atoms with Crippen LogP contribution >= 0.6 is 11.6 Å². The van der Waals surface area contributed by atoms with Gasteiger partial charge in [0.2, 0.25) is 5.91 Å². The zero-order valence-corrected chi connectivity index (χ0v) is 12.0. The maximum atomic E-state index is 11.4. The first-order chi connectivity index (χ1) is 9.11. The van der Waals surface area contributed by atoms with E-state index < -0.39 is 0 Å². The highest BCUT2D eigenvalue weighted by molar-refractivity contribution is 6.31. The van der Waals surface area contributed by atoms with Crippen molar-refractivity contribution in [1.29, 1.82) is 0 Å². The van der Waals surface area contributed by atoms with Crippen molar-refractivity contribution in [3.8, 4) is 0 Å². The maximum absolute atomic E-state index is 11.4. The van der Waals surface area contributed by atoms with Crippen molar-refractivity contribution < 1.29 is 4.79 Å². The number of anilines is 1. The molecule has 1 fully saturated rings. The number of halogens is 1. The molecular formula is C14H20ClN3O. The molecule has 1 aromatic carbocycles. The van der Waals surface area contributed by atoms with Gasteiger partial charge < -0.3 is 15.5 Å². The Morgan fingerprint density at radius 1 is 1.32 bits per heavy atom. The number of nitrogens with zero attached hydrogens (tertiary/aromatic N) is 2. The molecule has 0 bridgehead atoms. The van der Waals surface area contributed by atoms with Gasteiger partial charge in [0.25, 0.3) is 0 Å². The third kappa shape index (κ3) is 3.39. The molecule has 1 aliphatic rings. The predicted molar refractivity (Wildman–Crippen MR) is 78.4 cm³/mol. The van der Waals surface area contributed by atoms with E-state index in [1.165, 1.54) is 0 Å². The van der Waals surface area contributed by atoms with Crippen LogP contribution < -0.4 is 10.6 Å². The van der Waals surface area contributed by atoms with Gasteiger partial charge in [-0.3, -0.25) is 4.79 Å². The average Bonchev–Trinajstić information content (AvgIpc) is 2.64. The lowest BCUT2D eigenvalue weighted by atomic mass is 10.2. The Bertz CT molecular complexity index is 464. The van der Waals surface area contributed by atoms with E-state index >= 15 is 0 Å². The molecule has 19 heavy (non-hydrogen) atoms. The third-order valence-corrected chi connectivity index (χ3v) is 3.91. The van der Waals surface area contributed by atoms with Gasteiger partial charge in [0.1, 0.15) is 0 Å². The Kier molecular flexibility index (Phi) is 4.66. The number of nitrogens with two attached hydrogens (primary N) is 1. The van der Waals surface area contributed by atoms with E-state index in [2.05, 4.69) is 11.0 Å². The van der Waals surface area contributed by atoms with E-state index in [0.717, 1.165) is 43.9 Å². The molecule has 1 aromatic rings. The fraction of sp³-hybridized carbons (Fsp3) is 0.500. The summed E-state index contributed by atoms with van der Waals surface area (Å²) in [6, 6.07) is 6.00. The molecule has 0 radical (unpaired) electrons. The first kappa shape index (κ1) is 14.2. The van der Waals surface area contributed by atoms with Crippen molar-refractivity contribution in [2.45, 2.75) is 19.9 Å². The first-order valence-electron chi connectivity index (χ1n) is 6.61. The van der Waals surface area contributed by atoms with Crippen LogP contribution in [0.15, 0.2) is 18.2 Å². The third-order valence-electron chi connectivity index (χ3n) is 3.56. The van der Waals surface area contributed by atoms with Crippen LogP contribution in [-0.4, -0.2) is 37.0 Å². The van der Waals surface area contributed by atoms with Crippen molar-refractivity contribution in [2.75, 3.05) is 31.1 Å². The number of hydrogen-bond acceptors (Lipinski definition) is 3. The standard InChI is InChI=1S/C14H20ClN3O/c1-11(19)17-5-2-6-18(8-7-17)13-4-3-12(10-16)14(15)9-13/h3-4,9H,2,5-8,10,16H2,1H3. The minimum absolute atomic E-state index is 0.151. The summed E-state index contributed by atoms with van der Waals surface area (Å²) in [7, 11) is 0. The van der Waals surface area contributed by atoms with Crippen LogP contribution in [0.4, 0.5) is 5.69 Å². The summed E-state index contributed by atoms with van der Waals surface area (Å²) >= 11 is 6.20. The highest BCUT2D eigenvalue weighted by atomic mass is 35.5. The zero-order valence-electron chi connectivity index (χ0n) is 11.2. The Morgan fingerprint density at radius 3 is 2.74 bits per heavy atom. The number of amides is 1. The molecular weight excluding hydrogens is 262 g/mol. The molecule has 0 aromatic heterocycles. The number of rotatable bonds is 2. The van der Waals surface area contributed by atoms with Gasteiger partial charge in [-0.1, -0.05) is 17.7 Å². The van der Waals surface area contributed by atoms with Crippen LogP contribution in [0.3, 0.4) is 0 Å². The van der Waals surface area contributed by atoms with Gasteiger partial charge in [0.15, 0.2) is 0 Å². The van der Waals surface area contributed by atoms with Crippen molar-refractivity contribution in [3.63, 3.8) is 0 Å². The van der Waals surface area contributed by atoms with Crippen LogP contribution in [0.5, 0.6) is 0 Å². The fourth-order valence-electron chi connectivity index (χ4n) is 2.39. The molecule has 2 rings (SSSR count). The van der Waals surface area contributed by atoms with E-state index in [9.17, 15) is 4.79 Å². The zero-order chi connectivity index (χ0) is 13.8. The molecule has 0 spiro atoms. The van der Waals surface area contributed by atoms with E-state index in [4.69, 9.17) is 17.3 Å². The smallest absolute Gasteiger partial charge is 0.219 e. The van der Waals surface area contributed by atoms with Crippen molar-refractivity contribution in [3.05, 3.63) is 28.8 Å². The molecule has 1 heterocycles. The average molecular weight is 282 g/mol. The minimum Gasteiger partial charge on any atom is -0.370 e. The molecule has 0 unspecified atom stereocenters. The molecule has 0 atom stereocenters. The largest absolute Gasteiger partial charge is 0.370 e. The highest BCUT2D eigenvalue weighted by Gasteiger charge is 2.17. The van der Waals surface area contributed by atoms with Crippen LogP contribution in [0.2, 0.25) is 5.02 Å². The van der Waals surface area contributed by atoms with E-state index in [1.807, 2.05) is 17.0 Å². The molecule has 2 N–H and O–H groups in total. The Labute approximate surface area is 119 Å². The summed E-state index contributed by atoms with van der Waals surface area (Å²) in [5.74, 6) is 0.151. The summed E-state index contributed by atoms with van der Waals surface area (Å²) in [6.07, 6.45) is 0.982. The topological polar surface area (TPSA) is 49.6 Å². The number of carbonyl (C=O) groups excluding carboxylic acids is 1. The first-order valence-corrected chi connectivity index (χ1v) is 6.98. The molecule has 1 amide bonds. The Hall–Kier alpha value is -1.26. The Morgan fingerprint density at radius 2 is 2.11 bits per heavy atom. The lowest BCUT2D eigenvalue weighted by Crippen LogP contribution is -2.33. The van der Waals surface area contributed by atoms with Gasteiger partial charge in [-0.05, 0) is 24.1 Å². The normalized spacial score (nSPS) is 16.4. The lowest BCUT2D eigenvalue weighted by molar-refractivity contribution is -0.128. The van der Waals surface area contributed by atoms with E-state index in [0.29, 0.717) is 11.6 Å². The fourth-order valence-corrected chi connectivity index (χ4v) is 2.64.